The van der Waals surface area contributed by atoms with E-state index in [1.54, 1.807) is 0 Å². The maximum atomic E-state index is 4.62. The van der Waals surface area contributed by atoms with E-state index < -0.39 is 0 Å². The standard InChI is InChI=1S/C12H20BrN3S/c1-4-6-9-11(13)12(14-3)16-10(15-9)8-17-7-5-2/h4-8H2,1-3H3,(H,14,15,16). The van der Waals surface area contributed by atoms with Crippen LogP contribution in [-0.2, 0) is 12.2 Å². The molecule has 5 heteroatoms. The molecular formula is C12H20BrN3S. The van der Waals surface area contributed by atoms with E-state index in [1.165, 1.54) is 6.42 Å². The Bertz CT molecular complexity index is 358. The lowest BCUT2D eigenvalue weighted by Crippen LogP contribution is -2.05. The molecule has 0 fully saturated rings. The maximum absolute atomic E-state index is 4.62. The average Bonchev–Trinajstić information content (AvgIpc) is 2.33. The molecule has 0 aliphatic rings. The summed E-state index contributed by atoms with van der Waals surface area (Å²) in [6, 6.07) is 0. The minimum absolute atomic E-state index is 0.895. The van der Waals surface area contributed by atoms with Gasteiger partial charge in [0.05, 0.1) is 15.9 Å². The third kappa shape index (κ3) is 4.47. The molecule has 0 radical (unpaired) electrons. The van der Waals surface area contributed by atoms with Gasteiger partial charge < -0.3 is 5.32 Å². The number of thioether (sulfide) groups is 1. The molecule has 17 heavy (non-hydrogen) atoms. The van der Waals surface area contributed by atoms with Crippen molar-refractivity contribution in [2.45, 2.75) is 38.9 Å². The van der Waals surface area contributed by atoms with Crippen LogP contribution in [0.25, 0.3) is 0 Å². The number of aromatic nitrogens is 2. The first-order valence-electron chi connectivity index (χ1n) is 6.03. The molecule has 0 saturated carbocycles. The predicted octanol–water partition coefficient (Wildman–Crippen LogP) is 3.88. The summed E-state index contributed by atoms with van der Waals surface area (Å²) >= 11 is 5.45. The first-order chi connectivity index (χ1) is 8.22. The fraction of sp³-hybridized carbons (Fsp3) is 0.667. The Labute approximate surface area is 116 Å². The summed E-state index contributed by atoms with van der Waals surface area (Å²) < 4.78 is 1.01. The van der Waals surface area contributed by atoms with Gasteiger partial charge in [-0.15, -0.1) is 0 Å². The van der Waals surface area contributed by atoms with Gasteiger partial charge in [0.25, 0.3) is 0 Å². The van der Waals surface area contributed by atoms with Gasteiger partial charge in [-0.3, -0.25) is 0 Å². The molecule has 0 saturated heterocycles. The van der Waals surface area contributed by atoms with Crippen molar-refractivity contribution in [3.63, 3.8) is 0 Å². The highest BCUT2D eigenvalue weighted by Gasteiger charge is 2.10. The number of hydrogen-bond donors (Lipinski definition) is 1. The van der Waals surface area contributed by atoms with Crippen molar-refractivity contribution in [3.8, 4) is 0 Å². The van der Waals surface area contributed by atoms with Gasteiger partial charge in [-0.25, -0.2) is 9.97 Å². The number of halogens is 1. The Morgan fingerprint density at radius 2 is 2.00 bits per heavy atom. The predicted molar refractivity (Wildman–Crippen MR) is 79.7 cm³/mol. The van der Waals surface area contributed by atoms with E-state index in [0.29, 0.717) is 0 Å². The van der Waals surface area contributed by atoms with Crippen molar-refractivity contribution >= 4 is 33.5 Å². The number of hydrogen-bond acceptors (Lipinski definition) is 4. The molecule has 0 bridgehead atoms. The first kappa shape index (κ1) is 14.8. The molecule has 1 N–H and O–H groups in total. The van der Waals surface area contributed by atoms with E-state index in [9.17, 15) is 0 Å². The number of nitrogens with one attached hydrogen (secondary N) is 1. The summed E-state index contributed by atoms with van der Waals surface area (Å²) in [7, 11) is 1.89. The van der Waals surface area contributed by atoms with Gasteiger partial charge in [0.1, 0.15) is 11.6 Å². The Morgan fingerprint density at radius 3 is 2.59 bits per heavy atom. The molecule has 0 spiro atoms. The summed E-state index contributed by atoms with van der Waals surface area (Å²) in [6.45, 7) is 4.36. The zero-order valence-corrected chi connectivity index (χ0v) is 13.1. The smallest absolute Gasteiger partial charge is 0.144 e. The van der Waals surface area contributed by atoms with Crippen LogP contribution < -0.4 is 5.32 Å². The summed E-state index contributed by atoms with van der Waals surface area (Å²) in [5, 5.41) is 3.12. The van der Waals surface area contributed by atoms with Crippen LogP contribution in [0.4, 0.5) is 5.82 Å². The fourth-order valence-electron chi connectivity index (χ4n) is 1.49. The normalized spacial score (nSPS) is 10.6. The zero-order chi connectivity index (χ0) is 12.7. The number of aryl methyl sites for hydroxylation is 1. The topological polar surface area (TPSA) is 37.8 Å². The second-order valence-electron chi connectivity index (χ2n) is 3.80. The molecular weight excluding hydrogens is 298 g/mol. The maximum Gasteiger partial charge on any atom is 0.144 e. The number of rotatable bonds is 7. The van der Waals surface area contributed by atoms with E-state index >= 15 is 0 Å². The van der Waals surface area contributed by atoms with Crippen LogP contribution in [0.1, 0.15) is 38.2 Å². The first-order valence-corrected chi connectivity index (χ1v) is 7.98. The molecule has 1 aromatic rings. The Morgan fingerprint density at radius 1 is 1.24 bits per heavy atom. The van der Waals surface area contributed by atoms with Gasteiger partial charge in [-0.05, 0) is 34.5 Å². The van der Waals surface area contributed by atoms with Crippen LogP contribution in [0.5, 0.6) is 0 Å². The van der Waals surface area contributed by atoms with Gasteiger partial charge in [0, 0.05) is 7.05 Å². The lowest BCUT2D eigenvalue weighted by atomic mass is 10.2. The van der Waals surface area contributed by atoms with E-state index in [2.05, 4.69) is 45.1 Å². The molecule has 0 aliphatic heterocycles. The van der Waals surface area contributed by atoms with Crippen molar-refractivity contribution < 1.29 is 0 Å². The second kappa shape index (κ2) is 7.93. The zero-order valence-electron chi connectivity index (χ0n) is 10.7. The van der Waals surface area contributed by atoms with Crippen molar-refractivity contribution in [1.82, 2.24) is 9.97 Å². The van der Waals surface area contributed by atoms with E-state index in [0.717, 1.165) is 46.2 Å². The molecule has 1 aromatic heterocycles. The molecule has 96 valence electrons. The molecule has 1 rings (SSSR count). The van der Waals surface area contributed by atoms with E-state index in [-0.39, 0.29) is 0 Å². The average molecular weight is 318 g/mol. The highest BCUT2D eigenvalue weighted by Crippen LogP contribution is 2.25. The van der Waals surface area contributed by atoms with E-state index in [1.807, 2.05) is 18.8 Å². The lowest BCUT2D eigenvalue weighted by molar-refractivity contribution is 0.847. The minimum atomic E-state index is 0.895. The highest BCUT2D eigenvalue weighted by atomic mass is 79.9. The quantitative estimate of drug-likeness (QED) is 0.774. The van der Waals surface area contributed by atoms with Gasteiger partial charge in [0.2, 0.25) is 0 Å². The Kier molecular flexibility index (Phi) is 6.89. The molecule has 0 atom stereocenters. The molecule has 1 heterocycles. The summed E-state index contributed by atoms with van der Waals surface area (Å²) in [6.07, 6.45) is 3.28. The van der Waals surface area contributed by atoms with Crippen molar-refractivity contribution in [2.75, 3.05) is 18.1 Å². The second-order valence-corrected chi connectivity index (χ2v) is 5.70. The van der Waals surface area contributed by atoms with Crippen molar-refractivity contribution in [2.24, 2.45) is 0 Å². The lowest BCUT2D eigenvalue weighted by Gasteiger charge is -2.10. The third-order valence-corrected chi connectivity index (χ3v) is 4.26. The monoisotopic (exact) mass is 317 g/mol. The molecule has 3 nitrogen and oxygen atoms in total. The Balaban J connectivity index is 2.86. The molecule has 0 aliphatic carbocycles. The van der Waals surface area contributed by atoms with E-state index in [4.69, 9.17) is 0 Å². The van der Waals surface area contributed by atoms with Crippen LogP contribution in [0, 0.1) is 0 Å². The largest absolute Gasteiger partial charge is 0.372 e. The molecule has 0 amide bonds. The third-order valence-electron chi connectivity index (χ3n) is 2.27. The summed E-state index contributed by atoms with van der Waals surface area (Å²) in [4.78, 5) is 9.14. The van der Waals surface area contributed by atoms with Crippen molar-refractivity contribution in [3.05, 3.63) is 16.0 Å². The van der Waals surface area contributed by atoms with Crippen LogP contribution in [0.3, 0.4) is 0 Å². The van der Waals surface area contributed by atoms with Gasteiger partial charge in [0.15, 0.2) is 0 Å². The van der Waals surface area contributed by atoms with Gasteiger partial charge in [-0.1, -0.05) is 20.3 Å². The summed E-state index contributed by atoms with van der Waals surface area (Å²) in [5.41, 5.74) is 1.11. The highest BCUT2D eigenvalue weighted by molar-refractivity contribution is 9.10. The molecule has 0 unspecified atom stereocenters. The van der Waals surface area contributed by atoms with Crippen molar-refractivity contribution in [1.29, 1.82) is 0 Å². The molecule has 0 aromatic carbocycles. The SMILES string of the molecule is CCCSCc1nc(CCC)c(Br)c(NC)n1. The number of nitrogens with zero attached hydrogens (tertiary/aromatic N) is 2. The van der Waals surface area contributed by atoms with Crippen LogP contribution in [-0.4, -0.2) is 22.8 Å². The van der Waals surface area contributed by atoms with Crippen LogP contribution in [0.2, 0.25) is 0 Å². The van der Waals surface area contributed by atoms with Crippen LogP contribution in [0.15, 0.2) is 4.47 Å². The fourth-order valence-corrected chi connectivity index (χ4v) is 2.80. The van der Waals surface area contributed by atoms with Gasteiger partial charge >= 0.3 is 0 Å². The van der Waals surface area contributed by atoms with Crippen LogP contribution >= 0.6 is 27.7 Å². The number of anilines is 1. The minimum Gasteiger partial charge on any atom is -0.372 e. The summed E-state index contributed by atoms with van der Waals surface area (Å²) in [5.74, 6) is 3.89. The van der Waals surface area contributed by atoms with Gasteiger partial charge in [-0.2, -0.15) is 11.8 Å². The Hall–Kier alpha value is -0.290.